The largest absolute Gasteiger partial charge is 0.508 e. The number of amides is 3. The maximum Gasteiger partial charge on any atom is 0.242 e. The lowest BCUT2D eigenvalue weighted by molar-refractivity contribution is -0.130. The Bertz CT molecular complexity index is 1890. The van der Waals surface area contributed by atoms with Gasteiger partial charge in [-0.25, -0.2) is 13.1 Å². The number of hydrogen-bond donors (Lipinski definition) is 8. The van der Waals surface area contributed by atoms with Gasteiger partial charge in [0.05, 0.1) is 5.75 Å². The lowest BCUT2D eigenvalue weighted by Gasteiger charge is -2.23. The number of aromatic hydroxyl groups is 1. The number of aromatic amines is 1. The highest BCUT2D eigenvalue weighted by atomic mass is 32.2. The van der Waals surface area contributed by atoms with Gasteiger partial charge >= 0.3 is 0 Å². The maximum absolute atomic E-state index is 13.7. The Kier molecular flexibility index (Phi) is 11.8. The third kappa shape index (κ3) is 10.0. The van der Waals surface area contributed by atoms with Crippen LogP contribution in [0.1, 0.15) is 42.0 Å². The van der Waals surface area contributed by atoms with Gasteiger partial charge in [-0.2, -0.15) is 0 Å². The zero-order valence-electron chi connectivity index (χ0n) is 26.3. The minimum Gasteiger partial charge on any atom is -0.508 e. The van der Waals surface area contributed by atoms with Crippen LogP contribution in [-0.4, -0.2) is 59.9 Å². The van der Waals surface area contributed by atoms with Crippen LogP contribution in [0.25, 0.3) is 10.9 Å². The lowest BCUT2D eigenvalue weighted by Crippen LogP contribution is -2.54. The van der Waals surface area contributed by atoms with Crippen LogP contribution in [0.15, 0.2) is 72.9 Å². The Labute approximate surface area is 277 Å². The Morgan fingerprint density at radius 2 is 1.73 bits per heavy atom. The molecule has 3 aromatic carbocycles. The first-order valence-electron chi connectivity index (χ1n) is 15.1. The number of sulfonamides is 1. The van der Waals surface area contributed by atoms with Crippen molar-refractivity contribution < 1.29 is 32.6 Å². The van der Waals surface area contributed by atoms with Crippen LogP contribution in [0.4, 0.5) is 0 Å². The van der Waals surface area contributed by atoms with Gasteiger partial charge in [0.25, 0.3) is 0 Å². The van der Waals surface area contributed by atoms with Gasteiger partial charge in [0.2, 0.25) is 27.7 Å². The smallest absolute Gasteiger partial charge is 0.242 e. The van der Waals surface area contributed by atoms with Gasteiger partial charge < -0.3 is 36.9 Å². The van der Waals surface area contributed by atoms with Crippen molar-refractivity contribution in [3.63, 3.8) is 0 Å². The van der Waals surface area contributed by atoms with Gasteiger partial charge in [0.15, 0.2) is 0 Å². The van der Waals surface area contributed by atoms with Gasteiger partial charge in [-0.05, 0) is 66.8 Å². The highest BCUT2D eigenvalue weighted by Gasteiger charge is 2.29. The summed E-state index contributed by atoms with van der Waals surface area (Å²) in [6.07, 6.45) is 1.27. The van der Waals surface area contributed by atoms with E-state index in [1.807, 2.05) is 6.07 Å². The normalized spacial score (nSPS) is 12.6. The van der Waals surface area contributed by atoms with Crippen LogP contribution in [0, 0.1) is 5.41 Å². The minimum absolute atomic E-state index is 0.0757. The highest BCUT2D eigenvalue weighted by Crippen LogP contribution is 2.26. The number of nitrogen functional groups attached to an aromatic ring is 1. The number of carbonyl (C=O) groups is 3. The average Bonchev–Trinajstić information content (AvgIpc) is 3.45. The molecule has 48 heavy (non-hydrogen) atoms. The van der Waals surface area contributed by atoms with Crippen molar-refractivity contribution in [3.05, 3.63) is 95.2 Å². The number of rotatable bonds is 17. The standard InChI is InChI=1S/C33H39N7O7S/c1-2-48(45,46)40-29(15-23-18-37-27-11-10-25(16-26(23)27)47-19-21-4-3-5-24(41)14-21)33(44)39-28(12-13-30(34)42)32(43)38-17-20-6-8-22(9-7-20)31(35)36/h3-11,14,16,18,28-29,37,40-41H,2,12-13,15,17,19H2,1H3,(H2,34,42)(H3,35,36)(H,38,43)(H,39,44). The van der Waals surface area contributed by atoms with E-state index < -0.39 is 39.8 Å². The first kappa shape index (κ1) is 35.4. The summed E-state index contributed by atoms with van der Waals surface area (Å²) in [6.45, 7) is 1.71. The molecule has 254 valence electrons. The molecule has 0 saturated heterocycles. The number of ether oxygens (including phenoxy) is 1. The number of aromatic nitrogens is 1. The second-order valence-corrected chi connectivity index (χ2v) is 13.2. The second-order valence-electron chi connectivity index (χ2n) is 11.2. The van der Waals surface area contributed by atoms with Crippen molar-refractivity contribution in [2.24, 2.45) is 11.5 Å². The highest BCUT2D eigenvalue weighted by molar-refractivity contribution is 7.89. The van der Waals surface area contributed by atoms with Gasteiger partial charge in [0.1, 0.15) is 36.0 Å². The van der Waals surface area contributed by atoms with Crippen molar-refractivity contribution >= 4 is 44.5 Å². The predicted molar refractivity (Wildman–Crippen MR) is 180 cm³/mol. The van der Waals surface area contributed by atoms with E-state index in [1.54, 1.807) is 66.9 Å². The van der Waals surface area contributed by atoms with E-state index in [1.165, 1.54) is 6.92 Å². The summed E-state index contributed by atoms with van der Waals surface area (Å²) in [6, 6.07) is 16.1. The van der Waals surface area contributed by atoms with Gasteiger partial charge in [-0.3, -0.25) is 19.8 Å². The van der Waals surface area contributed by atoms with Gasteiger partial charge in [-0.1, -0.05) is 36.4 Å². The lowest BCUT2D eigenvalue weighted by atomic mass is 10.0. The van der Waals surface area contributed by atoms with Crippen molar-refractivity contribution in [2.45, 2.75) is 51.4 Å². The third-order valence-corrected chi connectivity index (χ3v) is 8.95. The zero-order chi connectivity index (χ0) is 34.8. The molecular weight excluding hydrogens is 638 g/mol. The van der Waals surface area contributed by atoms with E-state index in [0.29, 0.717) is 27.8 Å². The molecule has 0 radical (unpaired) electrons. The van der Waals surface area contributed by atoms with Gasteiger partial charge in [-0.15, -0.1) is 0 Å². The molecule has 0 bridgehead atoms. The molecule has 0 saturated carbocycles. The molecule has 15 heteroatoms. The number of phenols is 1. The summed E-state index contributed by atoms with van der Waals surface area (Å²) >= 11 is 0. The first-order chi connectivity index (χ1) is 22.8. The fourth-order valence-electron chi connectivity index (χ4n) is 4.88. The van der Waals surface area contributed by atoms with Crippen molar-refractivity contribution in [1.29, 1.82) is 5.41 Å². The summed E-state index contributed by atoms with van der Waals surface area (Å²) in [5.74, 6) is -1.79. The van der Waals surface area contributed by atoms with Crippen molar-refractivity contribution in [1.82, 2.24) is 20.3 Å². The van der Waals surface area contributed by atoms with E-state index >= 15 is 0 Å². The van der Waals surface area contributed by atoms with Crippen LogP contribution < -0.4 is 31.6 Å². The maximum atomic E-state index is 13.7. The van der Waals surface area contributed by atoms with Crippen LogP contribution in [0.5, 0.6) is 11.5 Å². The number of benzene rings is 3. The summed E-state index contributed by atoms with van der Waals surface area (Å²) < 4.78 is 33.7. The fraction of sp³-hybridized carbons (Fsp3) is 0.273. The number of phenolic OH excluding ortho intramolecular Hbond substituents is 1. The number of fused-ring (bicyclic) bond motifs is 1. The molecule has 1 heterocycles. The Balaban J connectivity index is 1.52. The molecule has 4 rings (SSSR count). The molecule has 10 N–H and O–H groups in total. The van der Waals surface area contributed by atoms with E-state index in [0.717, 1.165) is 11.1 Å². The van der Waals surface area contributed by atoms with Crippen molar-refractivity contribution in [3.8, 4) is 11.5 Å². The van der Waals surface area contributed by atoms with Gasteiger partial charge in [0, 0.05) is 35.6 Å². The Morgan fingerprint density at radius 1 is 0.979 bits per heavy atom. The van der Waals surface area contributed by atoms with E-state index in [2.05, 4.69) is 20.3 Å². The SMILES string of the molecule is CCS(=O)(=O)NC(Cc1c[nH]c2ccc(OCc3cccc(O)c3)cc12)C(=O)NC(CCC(N)=O)C(=O)NCc1ccc(C(=N)N)cc1. The number of nitrogens with two attached hydrogens (primary N) is 2. The van der Waals surface area contributed by atoms with Crippen LogP contribution in [-0.2, 0) is 44.0 Å². The molecule has 2 atom stereocenters. The number of primary amides is 1. The number of carbonyl (C=O) groups excluding carboxylic acids is 3. The molecule has 0 spiro atoms. The first-order valence-corrected chi connectivity index (χ1v) is 16.8. The Morgan fingerprint density at radius 3 is 2.40 bits per heavy atom. The molecule has 3 amide bonds. The second kappa shape index (κ2) is 15.9. The predicted octanol–water partition coefficient (Wildman–Crippen LogP) is 1.65. The number of amidine groups is 1. The van der Waals surface area contributed by atoms with Crippen LogP contribution in [0.2, 0.25) is 0 Å². The van der Waals surface area contributed by atoms with Crippen molar-refractivity contribution in [2.75, 3.05) is 5.75 Å². The average molecular weight is 678 g/mol. The fourth-order valence-corrected chi connectivity index (χ4v) is 5.67. The minimum atomic E-state index is -3.87. The molecule has 0 aliphatic carbocycles. The molecule has 0 fully saturated rings. The van der Waals surface area contributed by atoms with Crippen LogP contribution in [0.3, 0.4) is 0 Å². The molecule has 4 aromatic rings. The molecule has 2 unspecified atom stereocenters. The number of nitrogens with one attached hydrogen (secondary N) is 5. The zero-order valence-corrected chi connectivity index (χ0v) is 27.1. The molecule has 0 aliphatic heterocycles. The summed E-state index contributed by atoms with van der Waals surface area (Å²) in [7, 11) is -3.87. The van der Waals surface area contributed by atoms with Crippen LogP contribution >= 0.6 is 0 Å². The van der Waals surface area contributed by atoms with E-state index in [4.69, 9.17) is 21.6 Å². The van der Waals surface area contributed by atoms with E-state index in [-0.39, 0.29) is 49.8 Å². The monoisotopic (exact) mass is 677 g/mol. The quantitative estimate of drug-likeness (QED) is 0.0602. The summed E-state index contributed by atoms with van der Waals surface area (Å²) in [5.41, 5.74) is 14.1. The van der Waals surface area contributed by atoms with E-state index in [9.17, 15) is 27.9 Å². The third-order valence-electron chi connectivity index (χ3n) is 7.54. The molecule has 0 aliphatic rings. The molecule has 1 aromatic heterocycles. The summed E-state index contributed by atoms with van der Waals surface area (Å²) in [5, 5.41) is 23.3. The summed E-state index contributed by atoms with van der Waals surface area (Å²) in [4.78, 5) is 41.6. The Hall–Kier alpha value is -5.41. The topological polar surface area (TPSA) is 243 Å². The number of hydrogen-bond acceptors (Lipinski definition) is 8. The molecular formula is C33H39N7O7S. The molecule has 14 nitrogen and oxygen atoms in total. The number of H-pyrrole nitrogens is 1.